The molecule has 0 saturated carbocycles. The second kappa shape index (κ2) is 3.47. The molecule has 0 spiro atoms. The van der Waals surface area contributed by atoms with Gasteiger partial charge < -0.3 is 4.74 Å². The number of benzene rings is 1. The number of nitro benzene ring substituents is 1. The third kappa shape index (κ3) is 1.83. The van der Waals surface area contributed by atoms with E-state index in [0.717, 1.165) is 12.1 Å². The topological polar surface area (TPSA) is 69.4 Å². The summed E-state index contributed by atoms with van der Waals surface area (Å²) in [6.45, 7) is 0.360. The van der Waals surface area contributed by atoms with Crippen molar-refractivity contribution < 1.29 is 23.2 Å². The average molecular weight is 243 g/mol. The van der Waals surface area contributed by atoms with Gasteiger partial charge in [0, 0.05) is 18.6 Å². The Labute approximate surface area is 94.1 Å². The third-order valence-electron chi connectivity index (χ3n) is 2.50. The summed E-state index contributed by atoms with van der Waals surface area (Å²) in [6, 6.07) is 1.72. The summed E-state index contributed by atoms with van der Waals surface area (Å²) in [5.74, 6) is -4.06. The Bertz CT molecular complexity index is 522. The Morgan fingerprint density at radius 1 is 1.47 bits per heavy atom. The van der Waals surface area contributed by atoms with Crippen molar-refractivity contribution in [1.82, 2.24) is 0 Å². The minimum Gasteiger partial charge on any atom is -0.457 e. The van der Waals surface area contributed by atoms with Gasteiger partial charge in [-0.25, -0.2) is 13.6 Å². The van der Waals surface area contributed by atoms with Crippen molar-refractivity contribution in [1.29, 1.82) is 0 Å². The fraction of sp³-hybridized carbons (Fsp3) is 0.300. The molecule has 2 rings (SSSR count). The van der Waals surface area contributed by atoms with Gasteiger partial charge >= 0.3 is 5.97 Å². The van der Waals surface area contributed by atoms with E-state index in [0.29, 0.717) is 6.92 Å². The van der Waals surface area contributed by atoms with Crippen molar-refractivity contribution >= 4 is 11.7 Å². The van der Waals surface area contributed by atoms with E-state index in [-0.39, 0.29) is 17.7 Å². The van der Waals surface area contributed by atoms with E-state index in [1.807, 2.05) is 0 Å². The first-order valence-corrected chi connectivity index (χ1v) is 4.67. The van der Waals surface area contributed by atoms with Gasteiger partial charge in [0.05, 0.1) is 16.1 Å². The first-order chi connectivity index (χ1) is 7.80. The molecule has 0 radical (unpaired) electrons. The largest absolute Gasteiger partial charge is 0.457 e. The lowest BCUT2D eigenvalue weighted by atomic mass is 10.0. The van der Waals surface area contributed by atoms with Gasteiger partial charge in [-0.2, -0.15) is 0 Å². The van der Waals surface area contributed by atoms with Crippen LogP contribution in [0.25, 0.3) is 0 Å². The number of nitro groups is 1. The van der Waals surface area contributed by atoms with Crippen LogP contribution < -0.4 is 0 Å². The van der Waals surface area contributed by atoms with Crippen LogP contribution in [0.4, 0.5) is 14.5 Å². The van der Waals surface area contributed by atoms with Crippen LogP contribution in [0.3, 0.4) is 0 Å². The standard InChI is InChI=1S/C10H7F2NO4/c1-10(11,12)5-2-6-7(4-17-9(6)14)8(3-5)13(15)16/h2-3H,4H2,1H3. The molecule has 0 unspecified atom stereocenters. The van der Waals surface area contributed by atoms with E-state index in [9.17, 15) is 23.7 Å². The third-order valence-corrected chi connectivity index (χ3v) is 2.50. The monoisotopic (exact) mass is 243 g/mol. The maximum absolute atomic E-state index is 13.1. The lowest BCUT2D eigenvalue weighted by Gasteiger charge is -2.11. The van der Waals surface area contributed by atoms with Crippen molar-refractivity contribution in [2.45, 2.75) is 19.5 Å². The molecule has 0 fully saturated rings. The molecule has 1 aromatic rings. The van der Waals surface area contributed by atoms with Gasteiger partial charge in [-0.05, 0) is 6.07 Å². The molecule has 0 N–H and O–H groups in total. The van der Waals surface area contributed by atoms with Gasteiger partial charge in [0.2, 0.25) is 0 Å². The first kappa shape index (κ1) is 11.4. The highest BCUT2D eigenvalue weighted by molar-refractivity contribution is 5.95. The molecule has 0 atom stereocenters. The van der Waals surface area contributed by atoms with Gasteiger partial charge in [0.1, 0.15) is 6.61 Å². The highest BCUT2D eigenvalue weighted by Gasteiger charge is 2.35. The molecule has 1 aliphatic rings. The number of cyclic esters (lactones) is 1. The van der Waals surface area contributed by atoms with Crippen LogP contribution in [-0.2, 0) is 17.3 Å². The van der Waals surface area contributed by atoms with Crippen LogP contribution in [0.5, 0.6) is 0 Å². The summed E-state index contributed by atoms with van der Waals surface area (Å²) in [5.41, 5.74) is -1.18. The molecule has 0 amide bonds. The van der Waals surface area contributed by atoms with E-state index in [1.165, 1.54) is 0 Å². The minimum atomic E-state index is -3.25. The van der Waals surface area contributed by atoms with Crippen molar-refractivity contribution in [2.24, 2.45) is 0 Å². The molecular formula is C10H7F2NO4. The van der Waals surface area contributed by atoms with Gasteiger partial charge in [0.25, 0.3) is 11.6 Å². The molecule has 1 aromatic carbocycles. The number of hydrogen-bond acceptors (Lipinski definition) is 4. The molecule has 1 heterocycles. The first-order valence-electron chi connectivity index (χ1n) is 4.67. The average Bonchev–Trinajstić information content (AvgIpc) is 2.58. The zero-order valence-corrected chi connectivity index (χ0v) is 8.70. The van der Waals surface area contributed by atoms with Crippen LogP contribution in [0.15, 0.2) is 12.1 Å². The quantitative estimate of drug-likeness (QED) is 0.454. The van der Waals surface area contributed by atoms with Gasteiger partial charge in [-0.15, -0.1) is 0 Å². The van der Waals surface area contributed by atoms with Gasteiger partial charge in [-0.3, -0.25) is 10.1 Å². The predicted octanol–water partition coefficient (Wildman–Crippen LogP) is 2.38. The molecular weight excluding hydrogens is 236 g/mol. The number of ether oxygens (including phenoxy) is 1. The zero-order valence-electron chi connectivity index (χ0n) is 8.70. The predicted molar refractivity (Wildman–Crippen MR) is 51.8 cm³/mol. The van der Waals surface area contributed by atoms with Crippen molar-refractivity contribution in [3.63, 3.8) is 0 Å². The molecule has 90 valence electrons. The molecule has 0 bridgehead atoms. The van der Waals surface area contributed by atoms with Crippen LogP contribution in [0.2, 0.25) is 0 Å². The van der Waals surface area contributed by atoms with E-state index in [1.54, 1.807) is 0 Å². The number of nitrogens with zero attached hydrogens (tertiary/aromatic N) is 1. The maximum Gasteiger partial charge on any atom is 0.339 e. The highest BCUT2D eigenvalue weighted by Crippen LogP contribution is 2.36. The summed E-state index contributed by atoms with van der Waals surface area (Å²) < 4.78 is 30.8. The van der Waals surface area contributed by atoms with E-state index < -0.39 is 28.1 Å². The van der Waals surface area contributed by atoms with Crippen LogP contribution in [0.1, 0.15) is 28.4 Å². The summed E-state index contributed by atoms with van der Waals surface area (Å²) in [7, 11) is 0. The van der Waals surface area contributed by atoms with E-state index in [2.05, 4.69) is 4.74 Å². The Hall–Kier alpha value is -2.05. The lowest BCUT2D eigenvalue weighted by molar-refractivity contribution is -0.385. The molecule has 5 nitrogen and oxygen atoms in total. The number of rotatable bonds is 2. The van der Waals surface area contributed by atoms with E-state index >= 15 is 0 Å². The Morgan fingerprint density at radius 3 is 2.65 bits per heavy atom. The van der Waals surface area contributed by atoms with E-state index in [4.69, 9.17) is 0 Å². The van der Waals surface area contributed by atoms with Crippen molar-refractivity contribution in [2.75, 3.05) is 0 Å². The Kier molecular flexibility index (Phi) is 2.34. The highest BCUT2D eigenvalue weighted by atomic mass is 19.3. The second-order valence-corrected chi connectivity index (χ2v) is 3.74. The molecule has 1 aliphatic heterocycles. The number of esters is 1. The number of carbonyl (C=O) groups is 1. The SMILES string of the molecule is CC(F)(F)c1cc2c(c([N+](=O)[O-])c1)COC2=O. The second-order valence-electron chi connectivity index (χ2n) is 3.74. The normalized spacial score (nSPS) is 14.4. The number of halogens is 2. The zero-order chi connectivity index (χ0) is 12.8. The molecule has 0 saturated heterocycles. The fourth-order valence-corrected chi connectivity index (χ4v) is 1.62. The fourth-order valence-electron chi connectivity index (χ4n) is 1.62. The van der Waals surface area contributed by atoms with Crippen LogP contribution >= 0.6 is 0 Å². The smallest absolute Gasteiger partial charge is 0.339 e. The number of carbonyl (C=O) groups excluding carboxylic acids is 1. The number of fused-ring (bicyclic) bond motifs is 1. The van der Waals surface area contributed by atoms with Crippen molar-refractivity contribution in [3.8, 4) is 0 Å². The molecule has 17 heavy (non-hydrogen) atoms. The molecule has 0 aromatic heterocycles. The summed E-state index contributed by atoms with van der Waals surface area (Å²) in [5, 5.41) is 10.7. The number of alkyl halides is 2. The molecule has 0 aliphatic carbocycles. The lowest BCUT2D eigenvalue weighted by Crippen LogP contribution is -2.10. The minimum absolute atomic E-state index is 0.0491. The Morgan fingerprint density at radius 2 is 2.12 bits per heavy atom. The summed E-state index contributed by atoms with van der Waals surface area (Å²) >= 11 is 0. The van der Waals surface area contributed by atoms with Crippen molar-refractivity contribution in [3.05, 3.63) is 38.9 Å². The Balaban J connectivity index is 2.69. The van der Waals surface area contributed by atoms with Crippen LogP contribution in [-0.4, -0.2) is 10.9 Å². The number of hydrogen-bond donors (Lipinski definition) is 0. The van der Waals surface area contributed by atoms with Gasteiger partial charge in [0.15, 0.2) is 0 Å². The summed E-state index contributed by atoms with van der Waals surface area (Å²) in [4.78, 5) is 21.2. The summed E-state index contributed by atoms with van der Waals surface area (Å²) in [6.07, 6.45) is 0. The van der Waals surface area contributed by atoms with Crippen LogP contribution in [0, 0.1) is 10.1 Å². The maximum atomic E-state index is 13.1. The van der Waals surface area contributed by atoms with Gasteiger partial charge in [-0.1, -0.05) is 0 Å². The molecule has 7 heteroatoms.